The Hall–Kier alpha value is -2.94. The second kappa shape index (κ2) is 8.27. The van der Waals surface area contributed by atoms with Gasteiger partial charge in [-0.1, -0.05) is 0 Å². The van der Waals surface area contributed by atoms with Gasteiger partial charge in [0.2, 0.25) is 0 Å². The van der Waals surface area contributed by atoms with Crippen molar-refractivity contribution in [1.29, 1.82) is 0 Å². The Morgan fingerprint density at radius 1 is 1.24 bits per heavy atom. The van der Waals surface area contributed by atoms with Crippen LogP contribution in [0.2, 0.25) is 0 Å². The molecule has 2 heterocycles. The fraction of sp³-hybridized carbons (Fsp3) is 0.167. The summed E-state index contributed by atoms with van der Waals surface area (Å²) in [5.74, 6) is -1.96. The van der Waals surface area contributed by atoms with Gasteiger partial charge in [0.05, 0.1) is 24.5 Å². The average molecular weight is 293 g/mol. The number of hydrogen-bond donors (Lipinski definition) is 5. The van der Waals surface area contributed by atoms with Gasteiger partial charge in [-0.05, 0) is 6.08 Å². The maximum atomic E-state index is 10.3. The number of carboxylic acid groups (broad SMARTS) is 2. The van der Waals surface area contributed by atoms with Gasteiger partial charge >= 0.3 is 11.9 Å². The van der Waals surface area contributed by atoms with E-state index in [-0.39, 0.29) is 6.42 Å². The van der Waals surface area contributed by atoms with Crippen LogP contribution in [0.25, 0.3) is 6.08 Å². The largest absolute Gasteiger partial charge is 0.480 e. The standard InChI is InChI=1S/C6H9N3O2.C6H6N2O2/c7-5(6(10)11)1-4-2-8-3-9-4;9-6(10)2-1-5-3-7-4-8-5/h2-3,5H,1,7H2,(H,8,9)(H,10,11);1-4H,(H,7,8)(H,9,10)/b;2-1+/t5-;/m0./s1. The van der Waals surface area contributed by atoms with Crippen molar-refractivity contribution in [2.45, 2.75) is 12.5 Å². The molecule has 0 radical (unpaired) electrons. The van der Waals surface area contributed by atoms with Crippen molar-refractivity contribution in [1.82, 2.24) is 19.9 Å². The van der Waals surface area contributed by atoms with Crippen molar-refractivity contribution in [2.24, 2.45) is 5.73 Å². The molecule has 0 unspecified atom stereocenters. The number of nitrogens with two attached hydrogens (primary N) is 1. The van der Waals surface area contributed by atoms with Crippen molar-refractivity contribution >= 4 is 18.0 Å². The minimum absolute atomic E-state index is 0.287. The summed E-state index contributed by atoms with van der Waals surface area (Å²) in [6.07, 6.45) is 8.85. The Morgan fingerprint density at radius 2 is 1.90 bits per heavy atom. The molecule has 0 saturated carbocycles. The van der Waals surface area contributed by atoms with E-state index in [1.54, 1.807) is 12.4 Å². The molecule has 0 spiro atoms. The highest BCUT2D eigenvalue weighted by molar-refractivity contribution is 5.84. The van der Waals surface area contributed by atoms with Crippen LogP contribution in [0.15, 0.2) is 31.1 Å². The molecule has 2 aromatic heterocycles. The highest BCUT2D eigenvalue weighted by atomic mass is 16.4. The third-order valence-electron chi connectivity index (χ3n) is 2.24. The zero-order chi connectivity index (χ0) is 15.7. The number of carboxylic acids is 2. The number of nitrogens with zero attached hydrogens (tertiary/aromatic N) is 2. The SMILES string of the molecule is N[C@@H](Cc1cnc[nH]1)C(=O)O.O=C(O)/C=C/c1cnc[nH]1. The lowest BCUT2D eigenvalue weighted by Crippen LogP contribution is -2.32. The van der Waals surface area contributed by atoms with Crippen LogP contribution in [-0.4, -0.2) is 48.1 Å². The zero-order valence-corrected chi connectivity index (χ0v) is 10.9. The molecule has 0 aliphatic heterocycles. The number of aromatic nitrogens is 4. The number of rotatable bonds is 5. The second-order valence-electron chi connectivity index (χ2n) is 3.90. The van der Waals surface area contributed by atoms with Crippen LogP contribution >= 0.6 is 0 Å². The summed E-state index contributed by atoms with van der Waals surface area (Å²) in [4.78, 5) is 33.2. The fourth-order valence-electron chi connectivity index (χ4n) is 1.24. The number of nitrogens with one attached hydrogen (secondary N) is 2. The van der Waals surface area contributed by atoms with Gasteiger partial charge in [-0.2, -0.15) is 0 Å². The van der Waals surface area contributed by atoms with E-state index in [1.165, 1.54) is 18.7 Å². The van der Waals surface area contributed by atoms with E-state index < -0.39 is 18.0 Å². The number of carbonyl (C=O) groups is 2. The normalized spacial score (nSPS) is 11.7. The molecule has 9 nitrogen and oxygen atoms in total. The van der Waals surface area contributed by atoms with E-state index in [9.17, 15) is 9.59 Å². The van der Waals surface area contributed by atoms with E-state index in [1.807, 2.05) is 0 Å². The lowest BCUT2D eigenvalue weighted by Gasteiger charge is -2.02. The second-order valence-corrected chi connectivity index (χ2v) is 3.90. The van der Waals surface area contributed by atoms with Crippen molar-refractivity contribution in [3.63, 3.8) is 0 Å². The van der Waals surface area contributed by atoms with Crippen LogP contribution in [-0.2, 0) is 16.0 Å². The quantitative estimate of drug-likeness (QED) is 0.480. The molecule has 0 bridgehead atoms. The van der Waals surface area contributed by atoms with E-state index in [2.05, 4.69) is 19.9 Å². The average Bonchev–Trinajstić information content (AvgIpc) is 3.10. The number of H-pyrrole nitrogens is 2. The Bertz CT molecular complexity index is 577. The monoisotopic (exact) mass is 293 g/mol. The highest BCUT2D eigenvalue weighted by Gasteiger charge is 2.11. The molecule has 2 aromatic rings. The first kappa shape index (κ1) is 16.1. The lowest BCUT2D eigenvalue weighted by molar-refractivity contribution is -0.138. The van der Waals surface area contributed by atoms with Crippen molar-refractivity contribution in [2.75, 3.05) is 0 Å². The third kappa shape index (κ3) is 6.68. The van der Waals surface area contributed by atoms with E-state index in [4.69, 9.17) is 15.9 Å². The fourth-order valence-corrected chi connectivity index (χ4v) is 1.24. The van der Waals surface area contributed by atoms with Gasteiger partial charge < -0.3 is 25.9 Å². The van der Waals surface area contributed by atoms with Gasteiger partial charge in [-0.15, -0.1) is 0 Å². The van der Waals surface area contributed by atoms with Gasteiger partial charge in [-0.25, -0.2) is 14.8 Å². The molecule has 0 aliphatic rings. The van der Waals surface area contributed by atoms with E-state index in [0.717, 1.165) is 11.8 Å². The summed E-state index contributed by atoms with van der Waals surface area (Å²) < 4.78 is 0. The first-order chi connectivity index (χ1) is 9.99. The molecule has 2 rings (SSSR count). The molecule has 9 heteroatoms. The summed E-state index contributed by atoms with van der Waals surface area (Å²) >= 11 is 0. The summed E-state index contributed by atoms with van der Waals surface area (Å²) in [5.41, 5.74) is 6.68. The highest BCUT2D eigenvalue weighted by Crippen LogP contribution is 1.95. The molecule has 0 aliphatic carbocycles. The molecule has 0 fully saturated rings. The van der Waals surface area contributed by atoms with Crippen molar-refractivity contribution < 1.29 is 19.8 Å². The molecular formula is C12H15N5O4. The number of aromatic amines is 2. The summed E-state index contributed by atoms with van der Waals surface area (Å²) in [7, 11) is 0. The molecule has 0 saturated heterocycles. The molecule has 0 amide bonds. The van der Waals surface area contributed by atoms with Gasteiger partial charge in [0.1, 0.15) is 6.04 Å². The Labute approximate surface area is 119 Å². The number of imidazole rings is 2. The van der Waals surface area contributed by atoms with Crippen LogP contribution in [0.1, 0.15) is 11.4 Å². The first-order valence-electron chi connectivity index (χ1n) is 5.84. The molecule has 112 valence electrons. The summed E-state index contributed by atoms with van der Waals surface area (Å²) in [5, 5.41) is 16.6. The first-order valence-corrected chi connectivity index (χ1v) is 5.84. The minimum Gasteiger partial charge on any atom is -0.480 e. The third-order valence-corrected chi connectivity index (χ3v) is 2.24. The lowest BCUT2D eigenvalue weighted by atomic mass is 10.2. The van der Waals surface area contributed by atoms with E-state index in [0.29, 0.717) is 5.69 Å². The zero-order valence-electron chi connectivity index (χ0n) is 10.9. The topological polar surface area (TPSA) is 158 Å². The van der Waals surface area contributed by atoms with Gasteiger partial charge in [-0.3, -0.25) is 4.79 Å². The van der Waals surface area contributed by atoms with Crippen molar-refractivity contribution in [3.8, 4) is 0 Å². The van der Waals surface area contributed by atoms with Crippen LogP contribution in [0.5, 0.6) is 0 Å². The summed E-state index contributed by atoms with van der Waals surface area (Å²) in [6.45, 7) is 0. The smallest absolute Gasteiger partial charge is 0.328 e. The molecule has 1 atom stereocenters. The minimum atomic E-state index is -1.00. The van der Waals surface area contributed by atoms with Crippen LogP contribution in [0.4, 0.5) is 0 Å². The Morgan fingerprint density at radius 3 is 2.38 bits per heavy atom. The predicted octanol–water partition coefficient (Wildman–Crippen LogP) is -0.128. The maximum absolute atomic E-state index is 10.3. The molecular weight excluding hydrogens is 278 g/mol. The number of hydrogen-bond acceptors (Lipinski definition) is 5. The van der Waals surface area contributed by atoms with Gasteiger partial charge in [0, 0.05) is 24.4 Å². The Kier molecular flexibility index (Phi) is 6.35. The Balaban J connectivity index is 0.000000211. The number of aliphatic carboxylic acids is 2. The van der Waals surface area contributed by atoms with Crippen LogP contribution in [0.3, 0.4) is 0 Å². The van der Waals surface area contributed by atoms with Crippen LogP contribution < -0.4 is 5.73 Å². The molecule has 21 heavy (non-hydrogen) atoms. The predicted molar refractivity (Wildman–Crippen MR) is 73.2 cm³/mol. The van der Waals surface area contributed by atoms with Gasteiger partial charge in [0.15, 0.2) is 0 Å². The van der Waals surface area contributed by atoms with Crippen LogP contribution in [0, 0.1) is 0 Å². The van der Waals surface area contributed by atoms with Crippen molar-refractivity contribution in [3.05, 3.63) is 42.5 Å². The molecule has 6 N–H and O–H groups in total. The maximum Gasteiger partial charge on any atom is 0.328 e. The van der Waals surface area contributed by atoms with Gasteiger partial charge in [0.25, 0.3) is 0 Å². The van der Waals surface area contributed by atoms with E-state index >= 15 is 0 Å². The summed E-state index contributed by atoms with van der Waals surface area (Å²) in [6, 6.07) is -0.851. The molecule has 0 aromatic carbocycles.